The Hall–Kier alpha value is -2.94. The van der Waals surface area contributed by atoms with Crippen molar-refractivity contribution in [3.63, 3.8) is 0 Å². The number of amides is 1. The van der Waals surface area contributed by atoms with Crippen LogP contribution in [0.25, 0.3) is 11.3 Å². The maximum Gasteiger partial charge on any atom is 0.295 e. The molecule has 1 fully saturated rings. The van der Waals surface area contributed by atoms with E-state index in [2.05, 4.69) is 15.6 Å². The van der Waals surface area contributed by atoms with Crippen LogP contribution in [-0.2, 0) is 9.53 Å². The lowest BCUT2D eigenvalue weighted by Crippen LogP contribution is -2.51. The molecule has 1 heterocycles. The molecule has 9 nitrogen and oxygen atoms in total. The van der Waals surface area contributed by atoms with Gasteiger partial charge in [0, 0.05) is 36.8 Å². The first kappa shape index (κ1) is 22.7. The molecule has 0 saturated heterocycles. The molecule has 0 atom stereocenters. The van der Waals surface area contributed by atoms with E-state index in [0.717, 1.165) is 25.7 Å². The van der Waals surface area contributed by atoms with E-state index in [9.17, 15) is 14.9 Å². The Morgan fingerprint density at radius 1 is 1.26 bits per heavy atom. The van der Waals surface area contributed by atoms with Gasteiger partial charge in [-0.1, -0.05) is 19.3 Å². The maximum absolute atomic E-state index is 12.9. The number of hydrogen-bond acceptors (Lipinski definition) is 7. The van der Waals surface area contributed by atoms with Gasteiger partial charge in [0.05, 0.1) is 11.5 Å². The molecule has 1 aromatic carbocycles. The second-order valence-electron chi connectivity index (χ2n) is 8.77. The number of methoxy groups -OCH3 is 1. The predicted molar refractivity (Wildman–Crippen MR) is 117 cm³/mol. The zero-order chi connectivity index (χ0) is 22.5. The van der Waals surface area contributed by atoms with Gasteiger partial charge in [-0.15, -0.1) is 0 Å². The molecule has 0 spiro atoms. The van der Waals surface area contributed by atoms with E-state index in [0.29, 0.717) is 24.4 Å². The van der Waals surface area contributed by atoms with Crippen molar-refractivity contribution in [3.8, 4) is 11.3 Å². The highest BCUT2D eigenvalue weighted by molar-refractivity contribution is 5.88. The summed E-state index contributed by atoms with van der Waals surface area (Å²) in [5.41, 5.74) is 0.261. The van der Waals surface area contributed by atoms with E-state index in [4.69, 9.17) is 9.15 Å². The molecule has 0 unspecified atom stereocenters. The second kappa shape index (κ2) is 9.47. The fourth-order valence-corrected chi connectivity index (χ4v) is 4.01. The number of hydrogen-bond donors (Lipinski definition) is 2. The van der Waals surface area contributed by atoms with Crippen LogP contribution in [0.4, 0.5) is 11.7 Å². The van der Waals surface area contributed by atoms with Gasteiger partial charge in [0.1, 0.15) is 17.5 Å². The van der Waals surface area contributed by atoms with Crippen molar-refractivity contribution in [1.29, 1.82) is 0 Å². The van der Waals surface area contributed by atoms with Crippen molar-refractivity contribution < 1.29 is 18.9 Å². The molecule has 31 heavy (non-hydrogen) atoms. The van der Waals surface area contributed by atoms with Crippen molar-refractivity contribution in [3.05, 3.63) is 40.6 Å². The number of nitrogens with one attached hydrogen (secondary N) is 2. The number of nitrogens with zero attached hydrogens (tertiary/aromatic N) is 2. The molecule has 1 aliphatic rings. The van der Waals surface area contributed by atoms with Crippen LogP contribution in [-0.4, -0.2) is 41.6 Å². The minimum absolute atomic E-state index is 0.00704. The number of carbonyl (C=O) groups excluding carboxylic acids is 1. The van der Waals surface area contributed by atoms with Gasteiger partial charge in [-0.05, 0) is 38.8 Å². The summed E-state index contributed by atoms with van der Waals surface area (Å²) in [6.07, 6.45) is 7.09. The van der Waals surface area contributed by atoms with E-state index < -0.39 is 10.5 Å². The Morgan fingerprint density at radius 2 is 1.94 bits per heavy atom. The Morgan fingerprint density at radius 3 is 2.55 bits per heavy atom. The molecular weight excluding hydrogens is 400 g/mol. The van der Waals surface area contributed by atoms with E-state index in [-0.39, 0.29) is 23.0 Å². The number of benzene rings is 1. The van der Waals surface area contributed by atoms with Gasteiger partial charge in [0.15, 0.2) is 0 Å². The number of anilines is 1. The minimum atomic E-state index is -0.944. The van der Waals surface area contributed by atoms with Gasteiger partial charge < -0.3 is 19.8 Å². The van der Waals surface area contributed by atoms with Gasteiger partial charge >= 0.3 is 0 Å². The summed E-state index contributed by atoms with van der Waals surface area (Å²) < 4.78 is 10.9. The highest BCUT2D eigenvalue weighted by atomic mass is 16.6. The van der Waals surface area contributed by atoms with Crippen LogP contribution >= 0.6 is 0 Å². The monoisotopic (exact) mass is 430 g/mol. The van der Waals surface area contributed by atoms with Crippen molar-refractivity contribution in [2.45, 2.75) is 51.5 Å². The van der Waals surface area contributed by atoms with E-state index >= 15 is 0 Å². The predicted octanol–water partition coefficient (Wildman–Crippen LogP) is 4.15. The molecular formula is C22H30N4O5. The normalized spacial score (nSPS) is 16.0. The molecule has 1 saturated carbocycles. The Balaban J connectivity index is 1.62. The summed E-state index contributed by atoms with van der Waals surface area (Å²) in [5, 5.41) is 16.9. The topological polar surface area (TPSA) is 120 Å². The number of carbonyl (C=O) groups is 1. The molecule has 0 radical (unpaired) electrons. The van der Waals surface area contributed by atoms with Crippen LogP contribution in [0, 0.1) is 15.5 Å². The summed E-state index contributed by atoms with van der Waals surface area (Å²) in [6, 6.07) is 6.25. The number of nitro benzene ring substituents is 1. The van der Waals surface area contributed by atoms with Crippen molar-refractivity contribution in [1.82, 2.24) is 10.3 Å². The third-order valence-corrected chi connectivity index (χ3v) is 5.85. The highest BCUT2D eigenvalue weighted by Crippen LogP contribution is 2.36. The lowest BCUT2D eigenvalue weighted by molar-refractivity contribution is -0.384. The maximum atomic E-state index is 12.9. The molecule has 0 bridgehead atoms. The summed E-state index contributed by atoms with van der Waals surface area (Å²) >= 11 is 0. The van der Waals surface area contributed by atoms with Gasteiger partial charge in [0.25, 0.3) is 11.7 Å². The zero-order valence-corrected chi connectivity index (χ0v) is 18.3. The number of ether oxygens (including phenoxy) is 1. The molecule has 0 aliphatic heterocycles. The first-order chi connectivity index (χ1) is 14.7. The number of non-ortho nitro benzene ring substituents is 1. The van der Waals surface area contributed by atoms with Crippen molar-refractivity contribution in [2.24, 2.45) is 5.41 Å². The third kappa shape index (κ3) is 5.61. The second-order valence-corrected chi connectivity index (χ2v) is 8.77. The van der Waals surface area contributed by atoms with Crippen LogP contribution < -0.4 is 10.6 Å². The number of aromatic nitrogens is 1. The first-order valence-electron chi connectivity index (χ1n) is 10.5. The molecule has 168 valence electrons. The third-order valence-electron chi connectivity index (χ3n) is 5.85. The fourth-order valence-electron chi connectivity index (χ4n) is 4.01. The number of rotatable bonds is 9. The van der Waals surface area contributed by atoms with Crippen LogP contribution in [0.2, 0.25) is 0 Å². The lowest BCUT2D eigenvalue weighted by atomic mass is 9.74. The van der Waals surface area contributed by atoms with Gasteiger partial charge in [0.2, 0.25) is 5.91 Å². The van der Waals surface area contributed by atoms with E-state index in [1.807, 2.05) is 0 Å². The molecule has 2 N–H and O–H groups in total. The largest absolute Gasteiger partial charge is 0.431 e. The van der Waals surface area contributed by atoms with Gasteiger partial charge in [-0.3, -0.25) is 14.9 Å². The van der Waals surface area contributed by atoms with Gasteiger partial charge in [-0.2, -0.15) is 4.98 Å². The molecule has 3 rings (SSSR count). The standard InChI is InChI=1S/C22H30N4O5/c1-21(2,19(27)23-14-22(15-30-3)11-5-4-6-12-22)25-20-24-18(13-31-20)16-7-9-17(10-8-16)26(28)29/h7-10,13H,4-6,11-12,14-15H2,1-3H3,(H,23,27)(H,24,25). The zero-order valence-electron chi connectivity index (χ0n) is 18.3. The Kier molecular flexibility index (Phi) is 6.94. The molecule has 2 aromatic rings. The quantitative estimate of drug-likeness (QED) is 0.453. The molecule has 1 aromatic heterocycles. The van der Waals surface area contributed by atoms with E-state index in [1.54, 1.807) is 33.1 Å². The summed E-state index contributed by atoms with van der Waals surface area (Å²) in [5.74, 6) is -0.149. The molecule has 1 amide bonds. The van der Waals surface area contributed by atoms with E-state index in [1.165, 1.54) is 24.8 Å². The van der Waals surface area contributed by atoms with Crippen LogP contribution in [0.3, 0.4) is 0 Å². The van der Waals surface area contributed by atoms with Crippen molar-refractivity contribution in [2.75, 3.05) is 25.6 Å². The highest BCUT2D eigenvalue weighted by Gasteiger charge is 2.35. The number of nitro groups is 1. The first-order valence-corrected chi connectivity index (χ1v) is 10.5. The summed E-state index contributed by atoms with van der Waals surface area (Å²) in [6.45, 7) is 4.74. The van der Waals surface area contributed by atoms with Crippen molar-refractivity contribution >= 4 is 17.6 Å². The molecule has 1 aliphatic carbocycles. The SMILES string of the molecule is COCC1(CNC(=O)C(C)(C)Nc2nc(-c3ccc([N+](=O)[O-])cc3)co2)CCCCC1. The molecule has 9 heteroatoms. The Bertz CT molecular complexity index is 895. The average Bonchev–Trinajstić information content (AvgIpc) is 3.20. The van der Waals surface area contributed by atoms with Crippen LogP contribution in [0.5, 0.6) is 0 Å². The minimum Gasteiger partial charge on any atom is -0.431 e. The smallest absolute Gasteiger partial charge is 0.295 e. The van der Waals surface area contributed by atoms with Gasteiger partial charge in [-0.25, -0.2) is 0 Å². The number of oxazole rings is 1. The van der Waals surface area contributed by atoms with Crippen LogP contribution in [0.1, 0.15) is 46.0 Å². The lowest BCUT2D eigenvalue weighted by Gasteiger charge is -2.37. The van der Waals surface area contributed by atoms with Crippen LogP contribution in [0.15, 0.2) is 34.9 Å². The summed E-state index contributed by atoms with van der Waals surface area (Å²) in [4.78, 5) is 27.6. The fraction of sp³-hybridized carbons (Fsp3) is 0.545. The average molecular weight is 431 g/mol. The Labute approximate surface area is 181 Å². The summed E-state index contributed by atoms with van der Waals surface area (Å²) in [7, 11) is 1.70.